The third-order valence-electron chi connectivity index (χ3n) is 3.44. The number of rotatable bonds is 4. The average Bonchev–Trinajstić information content (AvgIpc) is 2.69. The van der Waals surface area contributed by atoms with Crippen LogP contribution in [0.4, 0.5) is 0 Å². The van der Waals surface area contributed by atoms with Crippen LogP contribution in [0.3, 0.4) is 0 Å². The molecular weight excluding hydrogens is 260 g/mol. The summed E-state index contributed by atoms with van der Waals surface area (Å²) in [4.78, 5) is 10.9. The highest BCUT2D eigenvalue weighted by molar-refractivity contribution is 7.77. The second-order valence-corrected chi connectivity index (χ2v) is 5.90. The molecule has 0 amide bonds. The number of hydrogen-bond acceptors (Lipinski definition) is 4. The third-order valence-corrected chi connectivity index (χ3v) is 3.59. The standard InChI is InChI=1S/C15H20O3S/c1-10(13-9-17-15(2,3)18-13)12-6-4-11(5-7-12)8-14(16)19/h4-7,10,13H,8-9H2,1-3H3,(H,16,19)/p-1. The SMILES string of the molecule is CC(c1ccc(CC(=O)[S-])cc1)C1COC(C)(C)O1. The zero-order valence-electron chi connectivity index (χ0n) is 11.5. The largest absolute Gasteiger partial charge is 0.742 e. The highest BCUT2D eigenvalue weighted by atomic mass is 32.1. The van der Waals surface area contributed by atoms with Crippen molar-refractivity contribution in [1.82, 2.24) is 0 Å². The molecular formula is C15H19O3S-. The molecule has 104 valence electrons. The van der Waals surface area contributed by atoms with Crippen LogP contribution in [0.15, 0.2) is 24.3 Å². The molecule has 0 saturated carbocycles. The highest BCUT2D eigenvalue weighted by Gasteiger charge is 2.36. The van der Waals surface area contributed by atoms with Crippen molar-refractivity contribution in [2.75, 3.05) is 6.61 Å². The van der Waals surface area contributed by atoms with Gasteiger partial charge in [0.2, 0.25) is 0 Å². The summed E-state index contributed by atoms with van der Waals surface area (Å²) in [5, 5.41) is -0.227. The van der Waals surface area contributed by atoms with Gasteiger partial charge in [-0.1, -0.05) is 31.2 Å². The van der Waals surface area contributed by atoms with Crippen molar-refractivity contribution in [1.29, 1.82) is 0 Å². The van der Waals surface area contributed by atoms with E-state index < -0.39 is 5.79 Å². The summed E-state index contributed by atoms with van der Waals surface area (Å²) in [5.41, 5.74) is 2.15. The van der Waals surface area contributed by atoms with Gasteiger partial charge in [0.05, 0.1) is 12.7 Å². The van der Waals surface area contributed by atoms with Crippen LogP contribution in [-0.2, 0) is 33.3 Å². The molecule has 1 aliphatic rings. The van der Waals surface area contributed by atoms with E-state index in [2.05, 4.69) is 19.6 Å². The number of benzene rings is 1. The Morgan fingerprint density at radius 2 is 2.05 bits per heavy atom. The lowest BCUT2D eigenvalue weighted by Gasteiger charge is -2.21. The fraction of sp³-hybridized carbons (Fsp3) is 0.533. The fourth-order valence-corrected chi connectivity index (χ4v) is 2.45. The highest BCUT2D eigenvalue weighted by Crippen LogP contribution is 2.31. The minimum atomic E-state index is -0.492. The number of ether oxygens (including phenoxy) is 2. The Labute approximate surface area is 119 Å². The number of carbonyl (C=O) groups excluding carboxylic acids is 1. The summed E-state index contributed by atoms with van der Waals surface area (Å²) < 4.78 is 11.5. The normalized spacial score (nSPS) is 23.2. The molecule has 4 heteroatoms. The first-order valence-electron chi connectivity index (χ1n) is 6.48. The first-order chi connectivity index (χ1) is 8.87. The average molecular weight is 279 g/mol. The summed E-state index contributed by atoms with van der Waals surface area (Å²) in [6.07, 6.45) is 0.390. The van der Waals surface area contributed by atoms with Crippen LogP contribution >= 0.6 is 0 Å². The minimum Gasteiger partial charge on any atom is -0.742 e. The van der Waals surface area contributed by atoms with Gasteiger partial charge in [-0.05, 0) is 25.0 Å². The second kappa shape index (κ2) is 5.57. The van der Waals surface area contributed by atoms with Crippen molar-refractivity contribution in [3.05, 3.63) is 35.4 Å². The van der Waals surface area contributed by atoms with Gasteiger partial charge in [-0.15, -0.1) is 0 Å². The molecule has 2 atom stereocenters. The summed E-state index contributed by atoms with van der Waals surface area (Å²) in [6.45, 7) is 6.60. The zero-order chi connectivity index (χ0) is 14.0. The molecule has 2 unspecified atom stereocenters. The van der Waals surface area contributed by atoms with Gasteiger partial charge < -0.3 is 26.9 Å². The molecule has 0 spiro atoms. The van der Waals surface area contributed by atoms with E-state index >= 15 is 0 Å². The molecule has 1 heterocycles. The lowest BCUT2D eigenvalue weighted by atomic mass is 9.94. The first-order valence-corrected chi connectivity index (χ1v) is 6.89. The van der Waals surface area contributed by atoms with Gasteiger partial charge in [0.15, 0.2) is 5.79 Å². The maximum Gasteiger partial charge on any atom is 0.163 e. The Bertz CT molecular complexity index is 453. The zero-order valence-corrected chi connectivity index (χ0v) is 12.3. The van der Waals surface area contributed by atoms with Crippen LogP contribution in [0.5, 0.6) is 0 Å². The number of carbonyl (C=O) groups is 1. The smallest absolute Gasteiger partial charge is 0.163 e. The summed E-state index contributed by atoms with van der Waals surface area (Å²) in [5.74, 6) is -0.233. The Morgan fingerprint density at radius 3 is 2.53 bits per heavy atom. The molecule has 0 bridgehead atoms. The lowest BCUT2D eigenvalue weighted by Crippen LogP contribution is -2.24. The van der Waals surface area contributed by atoms with E-state index in [0.717, 1.165) is 5.56 Å². The van der Waals surface area contributed by atoms with E-state index in [1.165, 1.54) is 5.56 Å². The van der Waals surface area contributed by atoms with Crippen LogP contribution in [0.25, 0.3) is 0 Å². The summed E-state index contributed by atoms with van der Waals surface area (Å²) >= 11 is 4.58. The second-order valence-electron chi connectivity index (χ2n) is 5.45. The summed E-state index contributed by atoms with van der Waals surface area (Å²) in [7, 11) is 0. The van der Waals surface area contributed by atoms with Crippen molar-refractivity contribution < 1.29 is 14.3 Å². The maximum absolute atomic E-state index is 10.9. The minimum absolute atomic E-state index is 0.0708. The Hall–Kier alpha value is -0.970. The molecule has 1 aliphatic heterocycles. The predicted molar refractivity (Wildman–Crippen MR) is 75.8 cm³/mol. The lowest BCUT2D eigenvalue weighted by molar-refractivity contribution is -0.140. The molecule has 0 aliphatic carbocycles. The van der Waals surface area contributed by atoms with Gasteiger partial charge in [-0.2, -0.15) is 0 Å². The molecule has 0 N–H and O–H groups in total. The monoisotopic (exact) mass is 279 g/mol. The van der Waals surface area contributed by atoms with Crippen molar-refractivity contribution in [2.24, 2.45) is 0 Å². The van der Waals surface area contributed by atoms with E-state index in [1.54, 1.807) is 0 Å². The van der Waals surface area contributed by atoms with Gasteiger partial charge in [-0.3, -0.25) is 0 Å². The van der Waals surface area contributed by atoms with Crippen LogP contribution in [-0.4, -0.2) is 23.6 Å². The van der Waals surface area contributed by atoms with Crippen LogP contribution in [0.2, 0.25) is 0 Å². The predicted octanol–water partition coefficient (Wildman–Crippen LogP) is 2.56. The quantitative estimate of drug-likeness (QED) is 0.794. The van der Waals surface area contributed by atoms with Crippen LogP contribution in [0.1, 0.15) is 37.8 Å². The Morgan fingerprint density at radius 1 is 1.42 bits per heavy atom. The molecule has 3 nitrogen and oxygen atoms in total. The third kappa shape index (κ3) is 3.75. The summed E-state index contributed by atoms with van der Waals surface area (Å²) in [6, 6.07) is 7.98. The van der Waals surface area contributed by atoms with Gasteiger partial charge in [0.1, 0.15) is 0 Å². The fourth-order valence-electron chi connectivity index (χ4n) is 2.28. The molecule has 2 rings (SSSR count). The molecule has 1 saturated heterocycles. The Kier molecular flexibility index (Phi) is 4.23. The molecule has 0 radical (unpaired) electrons. The van der Waals surface area contributed by atoms with E-state index in [1.807, 2.05) is 38.1 Å². The van der Waals surface area contributed by atoms with Crippen LogP contribution in [0, 0.1) is 0 Å². The number of hydrogen-bond donors (Lipinski definition) is 0. The van der Waals surface area contributed by atoms with Crippen molar-refractivity contribution in [3.63, 3.8) is 0 Å². The molecule has 1 fully saturated rings. The maximum atomic E-state index is 10.9. The van der Waals surface area contributed by atoms with Gasteiger partial charge in [0, 0.05) is 17.5 Å². The van der Waals surface area contributed by atoms with Crippen LogP contribution < -0.4 is 0 Å². The van der Waals surface area contributed by atoms with E-state index in [9.17, 15) is 4.79 Å². The molecule has 1 aromatic rings. The van der Waals surface area contributed by atoms with Gasteiger partial charge >= 0.3 is 0 Å². The van der Waals surface area contributed by atoms with Crippen molar-refractivity contribution >= 4 is 17.7 Å². The molecule has 19 heavy (non-hydrogen) atoms. The molecule has 1 aromatic carbocycles. The van der Waals surface area contributed by atoms with E-state index in [4.69, 9.17) is 9.47 Å². The Balaban J connectivity index is 2.03. The van der Waals surface area contributed by atoms with E-state index in [-0.39, 0.29) is 17.1 Å². The van der Waals surface area contributed by atoms with Gasteiger partial charge in [-0.25, -0.2) is 0 Å². The van der Waals surface area contributed by atoms with Crippen molar-refractivity contribution in [2.45, 2.75) is 45.0 Å². The topological polar surface area (TPSA) is 35.5 Å². The van der Waals surface area contributed by atoms with E-state index in [0.29, 0.717) is 13.0 Å². The first kappa shape index (κ1) is 14.4. The van der Waals surface area contributed by atoms with Gasteiger partial charge in [0.25, 0.3) is 0 Å². The molecule has 0 aromatic heterocycles. The van der Waals surface area contributed by atoms with Crippen molar-refractivity contribution in [3.8, 4) is 0 Å².